The number of halogens is 4. The molecule has 1 N–H and O–H groups in total. The third-order valence-electron chi connectivity index (χ3n) is 8.33. The molecule has 2 aliphatic heterocycles. The molecule has 3 unspecified atom stereocenters. The summed E-state index contributed by atoms with van der Waals surface area (Å²) in [7, 11) is 5.08. The highest BCUT2D eigenvalue weighted by Crippen LogP contribution is 2.42. The quantitative estimate of drug-likeness (QED) is 0.406. The van der Waals surface area contributed by atoms with Crippen molar-refractivity contribution in [2.75, 3.05) is 47.5 Å². The van der Waals surface area contributed by atoms with E-state index in [1.54, 1.807) is 30.2 Å². The Balaban J connectivity index is 1.51. The van der Waals surface area contributed by atoms with Gasteiger partial charge in [-0.15, -0.1) is 0 Å². The SMILES string of the molecule is COCCN(C)Cc1cccc(F)c1C1CNC[C@@H]1N1C(=O)N(Cc2ccccc2C(F)(F)F)C2C1=CC=CC2OC. The van der Waals surface area contributed by atoms with E-state index in [4.69, 9.17) is 9.47 Å². The summed E-state index contributed by atoms with van der Waals surface area (Å²) in [6.45, 7) is 2.30. The third kappa shape index (κ3) is 5.83. The number of nitrogens with zero attached hydrogens (tertiary/aromatic N) is 3. The number of alkyl halides is 3. The predicted octanol–water partition coefficient (Wildman–Crippen LogP) is 4.75. The molecule has 2 heterocycles. The molecule has 2 amide bonds. The van der Waals surface area contributed by atoms with Crippen molar-refractivity contribution < 1.29 is 31.8 Å². The highest BCUT2D eigenvalue weighted by Gasteiger charge is 2.52. The van der Waals surface area contributed by atoms with E-state index >= 15 is 4.39 Å². The van der Waals surface area contributed by atoms with Crippen molar-refractivity contribution in [2.24, 2.45) is 0 Å². The lowest BCUT2D eigenvalue weighted by Gasteiger charge is -2.32. The lowest BCUT2D eigenvalue weighted by molar-refractivity contribution is -0.138. The molecule has 7 nitrogen and oxygen atoms in total. The fourth-order valence-electron chi connectivity index (χ4n) is 6.37. The van der Waals surface area contributed by atoms with Crippen molar-refractivity contribution in [1.29, 1.82) is 0 Å². The van der Waals surface area contributed by atoms with Crippen molar-refractivity contribution in [3.63, 3.8) is 0 Å². The lowest BCUT2D eigenvalue weighted by Crippen LogP contribution is -2.43. The summed E-state index contributed by atoms with van der Waals surface area (Å²) in [5, 5.41) is 3.34. The Labute approximate surface area is 243 Å². The van der Waals surface area contributed by atoms with Gasteiger partial charge in [0.05, 0.1) is 18.2 Å². The van der Waals surface area contributed by atoms with Gasteiger partial charge in [0, 0.05) is 58.6 Å². The van der Waals surface area contributed by atoms with E-state index in [0.717, 1.165) is 11.6 Å². The Hall–Kier alpha value is -3.25. The first-order chi connectivity index (χ1) is 20.2. The lowest BCUT2D eigenvalue weighted by atomic mass is 9.88. The second-order valence-corrected chi connectivity index (χ2v) is 10.9. The molecule has 2 fully saturated rings. The van der Waals surface area contributed by atoms with Gasteiger partial charge in [0.2, 0.25) is 0 Å². The van der Waals surface area contributed by atoms with Crippen molar-refractivity contribution in [3.05, 3.63) is 94.5 Å². The smallest absolute Gasteiger partial charge is 0.383 e. The number of carbonyl (C=O) groups is 1. The van der Waals surface area contributed by atoms with Gasteiger partial charge >= 0.3 is 12.2 Å². The number of likely N-dealkylation sites (N-methyl/N-ethyl adjacent to an activating group) is 1. The standard InChI is InChI=1S/C31H36F4N4O3/c1-37(14-15-41-2)18-21-9-6-11-24(32)28(21)22-16-36-17-26(22)39-25-12-7-13-27(42-3)29(25)38(30(39)40)19-20-8-4-5-10-23(20)31(33,34)35/h4-13,22,26-27,29,36H,14-19H2,1-3H3/t22?,26-,27?,29?/m0/s1. The number of rotatable bonds is 10. The monoisotopic (exact) mass is 588 g/mol. The van der Waals surface area contributed by atoms with Crippen molar-refractivity contribution in [1.82, 2.24) is 20.0 Å². The van der Waals surface area contributed by atoms with Gasteiger partial charge in [-0.1, -0.05) is 42.5 Å². The first-order valence-corrected chi connectivity index (χ1v) is 14.0. The van der Waals surface area contributed by atoms with Crippen LogP contribution in [-0.4, -0.2) is 86.4 Å². The largest absolute Gasteiger partial charge is 0.416 e. The summed E-state index contributed by atoms with van der Waals surface area (Å²) in [6.07, 6.45) is 0.281. The van der Waals surface area contributed by atoms with Gasteiger partial charge in [-0.2, -0.15) is 13.2 Å². The number of allylic oxidation sites excluding steroid dienone is 2. The molecule has 3 aliphatic rings. The Kier molecular flexibility index (Phi) is 9.03. The first kappa shape index (κ1) is 30.2. The molecule has 0 aromatic heterocycles. The van der Waals surface area contributed by atoms with Crippen LogP contribution in [0.5, 0.6) is 0 Å². The van der Waals surface area contributed by atoms with Gasteiger partial charge in [-0.05, 0) is 41.9 Å². The molecule has 1 aliphatic carbocycles. The van der Waals surface area contributed by atoms with Gasteiger partial charge < -0.3 is 19.7 Å². The maximum Gasteiger partial charge on any atom is 0.416 e. The van der Waals surface area contributed by atoms with Crippen LogP contribution >= 0.6 is 0 Å². The Morgan fingerprint density at radius 3 is 2.57 bits per heavy atom. The topological polar surface area (TPSA) is 57.3 Å². The zero-order valence-corrected chi connectivity index (χ0v) is 23.9. The van der Waals surface area contributed by atoms with Crippen LogP contribution in [0.1, 0.15) is 28.2 Å². The zero-order chi connectivity index (χ0) is 30.0. The van der Waals surface area contributed by atoms with Gasteiger partial charge in [0.15, 0.2) is 0 Å². The molecule has 0 bridgehead atoms. The number of amides is 2. The minimum absolute atomic E-state index is 0.000499. The van der Waals surface area contributed by atoms with Crippen LogP contribution < -0.4 is 5.32 Å². The summed E-state index contributed by atoms with van der Waals surface area (Å²) in [5.41, 5.74) is 1.21. The van der Waals surface area contributed by atoms with Gasteiger partial charge in [0.25, 0.3) is 0 Å². The van der Waals surface area contributed by atoms with Crippen LogP contribution in [-0.2, 0) is 28.7 Å². The number of fused-ring (bicyclic) bond motifs is 1. The molecule has 226 valence electrons. The molecule has 0 spiro atoms. The Morgan fingerprint density at radius 1 is 1.07 bits per heavy atom. The van der Waals surface area contributed by atoms with Crippen molar-refractivity contribution in [2.45, 2.75) is 43.4 Å². The molecule has 4 atom stereocenters. The number of nitrogens with one attached hydrogen (secondary N) is 1. The van der Waals surface area contributed by atoms with Gasteiger partial charge in [-0.3, -0.25) is 9.80 Å². The highest BCUT2D eigenvalue weighted by molar-refractivity contribution is 5.82. The molecule has 2 saturated heterocycles. The van der Waals surface area contributed by atoms with Crippen LogP contribution in [0.15, 0.2) is 66.4 Å². The summed E-state index contributed by atoms with van der Waals surface area (Å²) >= 11 is 0. The minimum Gasteiger partial charge on any atom is -0.383 e. The van der Waals surface area contributed by atoms with E-state index in [9.17, 15) is 18.0 Å². The number of ether oxygens (including phenoxy) is 2. The average molecular weight is 589 g/mol. The summed E-state index contributed by atoms with van der Waals surface area (Å²) in [5.74, 6) is -0.727. The van der Waals surface area contributed by atoms with E-state index in [-0.39, 0.29) is 23.8 Å². The normalized spacial score (nSPS) is 24.1. The van der Waals surface area contributed by atoms with Crippen molar-refractivity contribution in [3.8, 4) is 0 Å². The molecule has 5 rings (SSSR count). The third-order valence-corrected chi connectivity index (χ3v) is 8.33. The second-order valence-electron chi connectivity index (χ2n) is 10.9. The zero-order valence-electron chi connectivity index (χ0n) is 23.9. The molecule has 2 aromatic rings. The van der Waals surface area contributed by atoms with E-state index in [0.29, 0.717) is 44.0 Å². The Morgan fingerprint density at radius 2 is 1.83 bits per heavy atom. The fourth-order valence-corrected chi connectivity index (χ4v) is 6.37. The van der Waals surface area contributed by atoms with Crippen molar-refractivity contribution >= 4 is 6.03 Å². The highest BCUT2D eigenvalue weighted by atomic mass is 19.4. The first-order valence-electron chi connectivity index (χ1n) is 14.0. The summed E-state index contributed by atoms with van der Waals surface area (Å²) < 4.78 is 68.1. The maximum atomic E-state index is 15.6. The molecule has 0 saturated carbocycles. The summed E-state index contributed by atoms with van der Waals surface area (Å²) in [6, 6.07) is 8.80. The molecular formula is C31H36F4N4O3. The van der Waals surface area contributed by atoms with Crippen LogP contribution in [0, 0.1) is 5.82 Å². The van der Waals surface area contributed by atoms with Crippen LogP contribution in [0.2, 0.25) is 0 Å². The average Bonchev–Trinajstić information content (AvgIpc) is 3.53. The number of methoxy groups -OCH3 is 2. The molecular weight excluding hydrogens is 552 g/mol. The van der Waals surface area contributed by atoms with E-state index in [2.05, 4.69) is 5.32 Å². The number of hydrogen-bond donors (Lipinski definition) is 1. The summed E-state index contributed by atoms with van der Waals surface area (Å²) in [4.78, 5) is 19.4. The number of urea groups is 1. The maximum absolute atomic E-state index is 15.6. The van der Waals surface area contributed by atoms with E-state index in [1.807, 2.05) is 24.1 Å². The van der Waals surface area contributed by atoms with Gasteiger partial charge in [0.1, 0.15) is 18.0 Å². The van der Waals surface area contributed by atoms with Gasteiger partial charge in [-0.25, -0.2) is 9.18 Å². The number of hydrogen-bond acceptors (Lipinski definition) is 5. The van der Waals surface area contributed by atoms with Crippen LogP contribution in [0.25, 0.3) is 0 Å². The number of benzene rings is 2. The van der Waals surface area contributed by atoms with Crippen LogP contribution in [0.4, 0.5) is 22.4 Å². The minimum atomic E-state index is -4.57. The predicted molar refractivity (Wildman–Crippen MR) is 150 cm³/mol. The second kappa shape index (κ2) is 12.5. The van der Waals surface area contributed by atoms with Crippen LogP contribution in [0.3, 0.4) is 0 Å². The molecule has 42 heavy (non-hydrogen) atoms. The molecule has 0 radical (unpaired) electrons. The molecule has 11 heteroatoms. The van der Waals surface area contributed by atoms with E-state index < -0.39 is 36.0 Å². The van der Waals surface area contributed by atoms with E-state index in [1.165, 1.54) is 36.3 Å². The number of carbonyl (C=O) groups excluding carboxylic acids is 1. The fraction of sp³-hybridized carbons (Fsp3) is 0.452. The Bertz CT molecular complexity index is 1350. The molecule has 2 aromatic carbocycles.